The van der Waals surface area contributed by atoms with Gasteiger partial charge in [-0.25, -0.2) is 4.79 Å². The molecule has 0 saturated heterocycles. The minimum absolute atomic E-state index is 0.00666. The number of phenols is 1. The van der Waals surface area contributed by atoms with Crippen LogP contribution in [0.4, 0.5) is 10.5 Å². The first-order valence-electron chi connectivity index (χ1n) is 17.0. The average Bonchev–Trinajstić information content (AvgIpc) is 3.14. The number of anilines is 1. The van der Waals surface area contributed by atoms with Crippen LogP contribution in [0.1, 0.15) is 35.1 Å². The number of ketones is 2. The van der Waals surface area contributed by atoms with Crippen molar-refractivity contribution in [2.45, 2.75) is 43.8 Å². The van der Waals surface area contributed by atoms with Crippen molar-refractivity contribution in [1.82, 2.24) is 4.90 Å². The topological polar surface area (TPSA) is 237 Å². The molecule has 6 rings (SSSR count). The van der Waals surface area contributed by atoms with E-state index >= 15 is 0 Å². The highest BCUT2D eigenvalue weighted by Gasteiger charge is 2.68. The number of phenolic OH excluding ortho intramolecular Hbond substituents is 1. The Labute approximate surface area is 309 Å². The Bertz CT molecular complexity index is 2100. The standard InChI is InChI=1S/C39H39N3O12/c1-19-25-22(42(38(51)54-18-21-12-8-5-9-13-21)16-24(44)53-17-20-10-6-4-7-11-20)14-15-23(43)27(25)32(45)28-26(19)33(46)30-31(41(2)3)34(47)29(37(40)50)36(49)39(30,52)35(28)48/h4-15,19,26,30-31,33,43,45-46,49,52H,16-18H2,1-3H3,(H2,40,50). The lowest BCUT2D eigenvalue weighted by atomic mass is 9.54. The molecular formula is C39H39N3O12. The number of ether oxygens (including phenoxy) is 2. The van der Waals surface area contributed by atoms with E-state index < -0.39 is 100.0 Å². The molecule has 6 unspecified atom stereocenters. The number of amides is 2. The Morgan fingerprint density at radius 1 is 0.870 bits per heavy atom. The lowest BCUT2D eigenvalue weighted by Crippen LogP contribution is -2.70. The van der Waals surface area contributed by atoms with E-state index in [1.807, 2.05) is 0 Å². The summed E-state index contributed by atoms with van der Waals surface area (Å²) >= 11 is 0. The second-order valence-corrected chi connectivity index (χ2v) is 13.7. The molecule has 3 aromatic rings. The molecule has 0 bridgehead atoms. The van der Waals surface area contributed by atoms with Crippen LogP contribution in [0.15, 0.2) is 89.7 Å². The SMILES string of the molecule is CC1c2c(N(CC(=O)OCc3ccccc3)C(=O)OCc3ccccc3)ccc(O)c2C(O)=C2C(=O)C3(O)C(O)=C(C(N)=O)C(=O)C(N(C)C)C3C(O)C21. The number of hydrogen-bond donors (Lipinski definition) is 6. The zero-order valence-corrected chi connectivity index (χ0v) is 29.5. The maximum Gasteiger partial charge on any atom is 0.415 e. The van der Waals surface area contributed by atoms with E-state index in [2.05, 4.69) is 0 Å². The highest BCUT2D eigenvalue weighted by Crippen LogP contribution is 2.57. The van der Waals surface area contributed by atoms with Crippen molar-refractivity contribution in [3.63, 3.8) is 0 Å². The third-order valence-electron chi connectivity index (χ3n) is 10.3. The minimum atomic E-state index is -3.10. The van der Waals surface area contributed by atoms with Gasteiger partial charge in [-0.1, -0.05) is 67.6 Å². The van der Waals surface area contributed by atoms with E-state index in [0.29, 0.717) is 11.1 Å². The van der Waals surface area contributed by atoms with Crippen LogP contribution in [0.5, 0.6) is 5.75 Å². The summed E-state index contributed by atoms with van der Waals surface area (Å²) in [5.41, 5.74) is 1.53. The molecular weight excluding hydrogens is 702 g/mol. The monoisotopic (exact) mass is 741 g/mol. The summed E-state index contributed by atoms with van der Waals surface area (Å²) in [6.45, 7) is 0.498. The molecule has 0 aliphatic heterocycles. The van der Waals surface area contributed by atoms with Crippen molar-refractivity contribution in [2.24, 2.45) is 17.6 Å². The fourth-order valence-corrected chi connectivity index (χ4v) is 7.87. The van der Waals surface area contributed by atoms with Gasteiger partial charge in [0.1, 0.15) is 42.6 Å². The largest absolute Gasteiger partial charge is 0.508 e. The smallest absolute Gasteiger partial charge is 0.415 e. The van der Waals surface area contributed by atoms with Gasteiger partial charge in [-0.15, -0.1) is 0 Å². The number of nitrogens with two attached hydrogens (primary N) is 1. The van der Waals surface area contributed by atoms with Crippen LogP contribution in [0.3, 0.4) is 0 Å². The molecule has 3 aliphatic carbocycles. The number of hydrogen-bond acceptors (Lipinski definition) is 13. The molecule has 15 heteroatoms. The fraction of sp³-hybridized carbons (Fsp3) is 0.308. The number of benzene rings is 3. The summed E-state index contributed by atoms with van der Waals surface area (Å²) in [6, 6.07) is 18.4. The summed E-state index contributed by atoms with van der Waals surface area (Å²) in [7, 11) is 2.80. The summed E-state index contributed by atoms with van der Waals surface area (Å²) in [6.07, 6.45) is -2.90. The van der Waals surface area contributed by atoms with Gasteiger partial charge in [-0.05, 0) is 48.8 Å². The third kappa shape index (κ3) is 6.15. The van der Waals surface area contributed by atoms with E-state index in [1.165, 1.54) is 32.0 Å². The Morgan fingerprint density at radius 3 is 2.00 bits per heavy atom. The van der Waals surface area contributed by atoms with E-state index in [0.717, 1.165) is 11.0 Å². The quantitative estimate of drug-likeness (QED) is 0.137. The summed E-state index contributed by atoms with van der Waals surface area (Å²) in [5, 5.41) is 58.2. The first kappa shape index (κ1) is 37.7. The maximum absolute atomic E-state index is 14.4. The maximum atomic E-state index is 14.4. The highest BCUT2D eigenvalue weighted by atomic mass is 16.6. The molecule has 0 spiro atoms. The molecule has 1 saturated carbocycles. The second kappa shape index (κ2) is 14.4. The number of fused-ring (bicyclic) bond motifs is 3. The minimum Gasteiger partial charge on any atom is -0.508 e. The van der Waals surface area contributed by atoms with Crippen LogP contribution in [0, 0.1) is 11.8 Å². The van der Waals surface area contributed by atoms with Gasteiger partial charge in [0, 0.05) is 11.5 Å². The molecule has 2 amide bonds. The Kier molecular flexibility index (Phi) is 10.1. The van der Waals surface area contributed by atoms with Crippen LogP contribution >= 0.6 is 0 Å². The highest BCUT2D eigenvalue weighted by molar-refractivity contribution is 6.24. The van der Waals surface area contributed by atoms with Gasteiger partial charge in [-0.2, -0.15) is 0 Å². The van der Waals surface area contributed by atoms with E-state index in [4.69, 9.17) is 15.2 Å². The lowest BCUT2D eigenvalue weighted by Gasteiger charge is -2.54. The number of aliphatic hydroxyl groups excluding tert-OH is 3. The number of primary amides is 1. The normalized spacial score (nSPS) is 24.7. The molecule has 0 heterocycles. The Balaban J connectivity index is 1.48. The van der Waals surface area contributed by atoms with Gasteiger partial charge in [0.2, 0.25) is 5.78 Å². The number of likely N-dealkylation sites (N-methyl/N-ethyl adjacent to an activating group) is 1. The Morgan fingerprint density at radius 2 is 1.44 bits per heavy atom. The fourth-order valence-electron chi connectivity index (χ4n) is 7.87. The van der Waals surface area contributed by atoms with Crippen molar-refractivity contribution in [3.05, 3.63) is 112 Å². The molecule has 1 fully saturated rings. The van der Waals surface area contributed by atoms with Crippen molar-refractivity contribution in [2.75, 3.05) is 25.5 Å². The molecule has 3 aliphatic rings. The molecule has 6 atom stereocenters. The second-order valence-electron chi connectivity index (χ2n) is 13.7. The molecule has 3 aromatic carbocycles. The van der Waals surface area contributed by atoms with Gasteiger partial charge in [-0.3, -0.25) is 29.0 Å². The average molecular weight is 742 g/mol. The van der Waals surface area contributed by atoms with Crippen LogP contribution in [-0.4, -0.2) is 98.4 Å². The van der Waals surface area contributed by atoms with E-state index in [9.17, 15) is 49.5 Å². The van der Waals surface area contributed by atoms with Gasteiger partial charge >= 0.3 is 12.1 Å². The van der Waals surface area contributed by atoms with Gasteiger partial charge in [0.05, 0.1) is 29.3 Å². The van der Waals surface area contributed by atoms with E-state index in [-0.39, 0.29) is 30.0 Å². The molecule has 282 valence electrons. The van der Waals surface area contributed by atoms with E-state index in [1.54, 1.807) is 60.7 Å². The Hall–Kier alpha value is -6.03. The number of esters is 1. The summed E-state index contributed by atoms with van der Waals surface area (Å²) in [5.74, 6) is -11.8. The van der Waals surface area contributed by atoms with Gasteiger partial charge in [0.25, 0.3) is 5.91 Å². The summed E-state index contributed by atoms with van der Waals surface area (Å²) < 4.78 is 11.1. The van der Waals surface area contributed by atoms with Crippen LogP contribution in [0.25, 0.3) is 5.76 Å². The van der Waals surface area contributed by atoms with Crippen molar-refractivity contribution in [3.8, 4) is 5.75 Å². The summed E-state index contributed by atoms with van der Waals surface area (Å²) in [4.78, 5) is 69.7. The third-order valence-corrected chi connectivity index (χ3v) is 10.3. The van der Waals surface area contributed by atoms with Crippen molar-refractivity contribution >= 4 is 41.0 Å². The first-order valence-corrected chi connectivity index (χ1v) is 17.0. The number of carbonyl (C=O) groups excluding carboxylic acids is 5. The van der Waals surface area contributed by atoms with Crippen LogP contribution < -0.4 is 10.6 Å². The number of Topliss-reactive ketones (excluding diaryl/α,β-unsaturated/α-hetero) is 2. The van der Waals surface area contributed by atoms with Crippen LogP contribution in [-0.2, 0) is 41.9 Å². The molecule has 0 aromatic heterocycles. The predicted octanol–water partition coefficient (Wildman–Crippen LogP) is 2.38. The number of nitrogens with zero attached hydrogens (tertiary/aromatic N) is 2. The van der Waals surface area contributed by atoms with Gasteiger partial charge < -0.3 is 40.7 Å². The van der Waals surface area contributed by atoms with Crippen molar-refractivity contribution < 1.29 is 59.0 Å². The number of carbonyl (C=O) groups is 5. The molecule has 0 radical (unpaired) electrons. The molecule has 54 heavy (non-hydrogen) atoms. The van der Waals surface area contributed by atoms with Crippen LogP contribution in [0.2, 0.25) is 0 Å². The lowest BCUT2D eigenvalue weighted by molar-refractivity contribution is -0.169. The zero-order valence-electron chi connectivity index (χ0n) is 29.5. The zero-order chi connectivity index (χ0) is 39.2. The number of aliphatic hydroxyl groups is 4. The molecule has 15 nitrogen and oxygen atoms in total. The number of rotatable bonds is 9. The molecule has 7 N–H and O–H groups in total. The number of aromatic hydroxyl groups is 1. The van der Waals surface area contributed by atoms with Gasteiger partial charge in [0.15, 0.2) is 11.4 Å². The first-order chi connectivity index (χ1) is 25.6. The predicted molar refractivity (Wildman–Crippen MR) is 191 cm³/mol. The van der Waals surface area contributed by atoms with Crippen molar-refractivity contribution in [1.29, 1.82) is 0 Å².